The van der Waals surface area contributed by atoms with Crippen LogP contribution in [0.4, 0.5) is 11.4 Å². The Kier molecular flexibility index (Phi) is 6.50. The number of carbonyl (C=O) groups is 1. The van der Waals surface area contributed by atoms with Crippen molar-refractivity contribution < 1.29 is 9.72 Å². The van der Waals surface area contributed by atoms with Gasteiger partial charge in [-0.05, 0) is 30.7 Å². The molecule has 4 aromatic rings. The number of thioether (sulfide) groups is 1. The van der Waals surface area contributed by atoms with Crippen LogP contribution in [0, 0.1) is 17.0 Å². The molecule has 166 valence electrons. The van der Waals surface area contributed by atoms with Gasteiger partial charge in [0.25, 0.3) is 11.2 Å². The van der Waals surface area contributed by atoms with Gasteiger partial charge in [0.05, 0.1) is 28.1 Å². The van der Waals surface area contributed by atoms with Crippen molar-refractivity contribution in [1.29, 1.82) is 0 Å². The highest BCUT2D eigenvalue weighted by Crippen LogP contribution is 2.24. The van der Waals surface area contributed by atoms with Crippen molar-refractivity contribution in [2.45, 2.75) is 18.6 Å². The second-order valence-electron chi connectivity index (χ2n) is 7.40. The number of carbonyl (C=O) groups excluding carboxylic acids is 1. The number of para-hydroxylation sites is 3. The Hall–Kier alpha value is -3.98. The third-order valence-corrected chi connectivity index (χ3v) is 5.97. The minimum absolute atomic E-state index is 0.0648. The van der Waals surface area contributed by atoms with Gasteiger partial charge in [0.2, 0.25) is 5.91 Å². The monoisotopic (exact) mass is 460 g/mol. The first-order valence-electron chi connectivity index (χ1n) is 10.1. The molecule has 0 spiro atoms. The molecule has 0 saturated carbocycles. The fourth-order valence-corrected chi connectivity index (χ4v) is 4.13. The van der Waals surface area contributed by atoms with E-state index in [4.69, 9.17) is 0 Å². The van der Waals surface area contributed by atoms with E-state index in [1.165, 1.54) is 18.2 Å². The zero-order valence-corrected chi connectivity index (χ0v) is 18.5. The average Bonchev–Trinajstić information content (AvgIpc) is 2.81. The van der Waals surface area contributed by atoms with E-state index >= 15 is 0 Å². The Labute approximate surface area is 193 Å². The Morgan fingerprint density at radius 2 is 1.76 bits per heavy atom. The van der Waals surface area contributed by atoms with Gasteiger partial charge in [0.1, 0.15) is 5.69 Å². The Morgan fingerprint density at radius 1 is 1.06 bits per heavy atom. The van der Waals surface area contributed by atoms with Crippen molar-refractivity contribution in [3.05, 3.63) is 104 Å². The lowest BCUT2D eigenvalue weighted by atomic mass is 10.1. The Balaban J connectivity index is 1.61. The van der Waals surface area contributed by atoms with Crippen molar-refractivity contribution in [2.24, 2.45) is 0 Å². The van der Waals surface area contributed by atoms with E-state index in [1.54, 1.807) is 34.9 Å². The van der Waals surface area contributed by atoms with Crippen molar-refractivity contribution in [2.75, 3.05) is 11.1 Å². The summed E-state index contributed by atoms with van der Waals surface area (Å²) in [5.41, 5.74) is 2.34. The number of rotatable bonds is 7. The normalized spacial score (nSPS) is 10.8. The number of amides is 1. The highest BCUT2D eigenvalue weighted by Gasteiger charge is 2.17. The maximum absolute atomic E-state index is 13.2. The lowest BCUT2D eigenvalue weighted by molar-refractivity contribution is -0.383. The van der Waals surface area contributed by atoms with Gasteiger partial charge in [-0.25, -0.2) is 4.98 Å². The zero-order chi connectivity index (χ0) is 23.4. The van der Waals surface area contributed by atoms with Crippen molar-refractivity contribution >= 4 is 39.9 Å². The van der Waals surface area contributed by atoms with Gasteiger partial charge in [0.15, 0.2) is 5.16 Å². The molecule has 1 N–H and O–H groups in total. The van der Waals surface area contributed by atoms with Crippen LogP contribution in [0.25, 0.3) is 10.9 Å². The van der Waals surface area contributed by atoms with Crippen molar-refractivity contribution in [3.63, 3.8) is 0 Å². The van der Waals surface area contributed by atoms with Crippen LogP contribution in [0.15, 0.2) is 82.7 Å². The number of nitrogens with one attached hydrogen (secondary N) is 1. The maximum atomic E-state index is 13.2. The van der Waals surface area contributed by atoms with E-state index < -0.39 is 10.8 Å². The second kappa shape index (κ2) is 9.66. The minimum Gasteiger partial charge on any atom is -0.320 e. The first kappa shape index (κ1) is 22.2. The zero-order valence-electron chi connectivity index (χ0n) is 17.7. The maximum Gasteiger partial charge on any atom is 0.292 e. The van der Waals surface area contributed by atoms with E-state index in [2.05, 4.69) is 10.3 Å². The smallest absolute Gasteiger partial charge is 0.292 e. The molecule has 1 aromatic heterocycles. The summed E-state index contributed by atoms with van der Waals surface area (Å²) in [6.45, 7) is 2.30. The number of hydrogen-bond donors (Lipinski definition) is 1. The van der Waals surface area contributed by atoms with E-state index in [0.717, 1.165) is 22.9 Å². The van der Waals surface area contributed by atoms with Crippen LogP contribution >= 0.6 is 11.8 Å². The fraction of sp³-hybridized carbons (Fsp3) is 0.125. The van der Waals surface area contributed by atoms with Crippen LogP contribution in [0.5, 0.6) is 0 Å². The predicted molar refractivity (Wildman–Crippen MR) is 129 cm³/mol. The molecule has 0 aliphatic rings. The molecule has 33 heavy (non-hydrogen) atoms. The van der Waals surface area contributed by atoms with Crippen LogP contribution in [-0.4, -0.2) is 26.1 Å². The highest BCUT2D eigenvalue weighted by atomic mass is 32.2. The number of aryl methyl sites for hydroxylation is 1. The van der Waals surface area contributed by atoms with Crippen molar-refractivity contribution in [3.8, 4) is 0 Å². The number of hydrogen-bond acceptors (Lipinski definition) is 6. The summed E-state index contributed by atoms with van der Waals surface area (Å²) in [6, 6.07) is 20.9. The predicted octanol–water partition coefficient (Wildman–Crippen LogP) is 4.39. The van der Waals surface area contributed by atoms with Gasteiger partial charge >= 0.3 is 0 Å². The quantitative estimate of drug-likeness (QED) is 0.190. The number of nitro benzene ring substituents is 1. The summed E-state index contributed by atoms with van der Waals surface area (Å²) < 4.78 is 1.55. The van der Waals surface area contributed by atoms with Crippen LogP contribution in [0.2, 0.25) is 0 Å². The van der Waals surface area contributed by atoms with Crippen LogP contribution in [0.1, 0.15) is 11.1 Å². The molecule has 0 aliphatic carbocycles. The van der Waals surface area contributed by atoms with Crippen molar-refractivity contribution in [1.82, 2.24) is 9.55 Å². The number of anilines is 1. The number of aromatic nitrogens is 2. The van der Waals surface area contributed by atoms with Crippen LogP contribution < -0.4 is 10.9 Å². The molecule has 8 nitrogen and oxygen atoms in total. The van der Waals surface area contributed by atoms with Gasteiger partial charge in [0, 0.05) is 6.07 Å². The fourth-order valence-electron chi connectivity index (χ4n) is 3.33. The number of benzene rings is 3. The Bertz CT molecular complexity index is 1400. The largest absolute Gasteiger partial charge is 0.320 e. The standard InChI is InChI=1S/C24H20N4O4S/c1-16-10-12-17(13-11-16)14-27-23(30)18-6-2-3-7-19(18)26-24(27)33-15-22(29)25-20-8-4-5-9-21(20)28(31)32/h2-13H,14-15H2,1H3,(H,25,29). The van der Waals surface area contributed by atoms with Gasteiger partial charge < -0.3 is 5.32 Å². The molecule has 1 heterocycles. The molecular weight excluding hydrogens is 440 g/mol. The lowest BCUT2D eigenvalue weighted by Crippen LogP contribution is -2.25. The summed E-state index contributed by atoms with van der Waals surface area (Å²) in [5, 5.41) is 14.7. The average molecular weight is 461 g/mol. The molecule has 0 radical (unpaired) electrons. The van der Waals surface area contributed by atoms with E-state index in [0.29, 0.717) is 22.6 Å². The molecule has 4 rings (SSSR count). The van der Waals surface area contributed by atoms with Crippen LogP contribution in [0.3, 0.4) is 0 Å². The minimum atomic E-state index is -0.549. The third-order valence-electron chi connectivity index (χ3n) is 5.00. The molecule has 9 heteroatoms. The molecule has 1 amide bonds. The third kappa shape index (κ3) is 5.09. The summed E-state index contributed by atoms with van der Waals surface area (Å²) in [7, 11) is 0. The molecule has 3 aromatic carbocycles. The molecule has 0 saturated heterocycles. The first-order valence-corrected chi connectivity index (χ1v) is 11.1. The summed E-state index contributed by atoms with van der Waals surface area (Å²) in [6.07, 6.45) is 0. The molecule has 0 fully saturated rings. The molecule has 0 bridgehead atoms. The van der Waals surface area contributed by atoms with Crippen LogP contribution in [-0.2, 0) is 11.3 Å². The molecule has 0 atom stereocenters. The molecule has 0 unspecified atom stereocenters. The number of nitro groups is 1. The SMILES string of the molecule is Cc1ccc(Cn2c(SCC(=O)Nc3ccccc3[N+](=O)[O-])nc3ccccc3c2=O)cc1. The number of nitrogens with zero attached hydrogens (tertiary/aromatic N) is 3. The first-order chi connectivity index (χ1) is 15.9. The Morgan fingerprint density at radius 3 is 2.52 bits per heavy atom. The van der Waals surface area contributed by atoms with Gasteiger partial charge in [-0.1, -0.05) is 65.9 Å². The van der Waals surface area contributed by atoms with Gasteiger partial charge in [-0.3, -0.25) is 24.3 Å². The summed E-state index contributed by atoms with van der Waals surface area (Å²) in [5.74, 6) is -0.497. The topological polar surface area (TPSA) is 107 Å². The van der Waals surface area contributed by atoms with E-state index in [-0.39, 0.29) is 22.7 Å². The summed E-state index contributed by atoms with van der Waals surface area (Å²) >= 11 is 1.11. The molecule has 0 aliphatic heterocycles. The second-order valence-corrected chi connectivity index (χ2v) is 8.34. The van der Waals surface area contributed by atoms with Gasteiger partial charge in [-0.2, -0.15) is 0 Å². The number of fused-ring (bicyclic) bond motifs is 1. The van der Waals surface area contributed by atoms with E-state index in [1.807, 2.05) is 31.2 Å². The lowest BCUT2D eigenvalue weighted by Gasteiger charge is -2.13. The van der Waals surface area contributed by atoms with Gasteiger partial charge in [-0.15, -0.1) is 0 Å². The highest BCUT2D eigenvalue weighted by molar-refractivity contribution is 7.99. The molecular formula is C24H20N4O4S. The van der Waals surface area contributed by atoms with E-state index in [9.17, 15) is 19.7 Å². The summed E-state index contributed by atoms with van der Waals surface area (Å²) in [4.78, 5) is 41.0.